The molecule has 2 rings (SSSR count). The summed E-state index contributed by atoms with van der Waals surface area (Å²) in [6.45, 7) is 0.672. The minimum absolute atomic E-state index is 0.0215. The molecule has 0 spiro atoms. The Bertz CT molecular complexity index is 529. The number of primary amides is 1. The van der Waals surface area contributed by atoms with Crippen LogP contribution in [0.5, 0.6) is 0 Å². The van der Waals surface area contributed by atoms with E-state index in [1.165, 1.54) is 18.2 Å². The molecule has 108 valence electrons. The summed E-state index contributed by atoms with van der Waals surface area (Å²) in [5, 5.41) is 8.74. The zero-order chi connectivity index (χ0) is 14.7. The van der Waals surface area contributed by atoms with Crippen molar-refractivity contribution in [1.82, 2.24) is 4.90 Å². The van der Waals surface area contributed by atoms with Gasteiger partial charge in [-0.2, -0.15) is 0 Å². The van der Waals surface area contributed by atoms with Crippen LogP contribution in [-0.4, -0.2) is 34.5 Å². The minimum atomic E-state index is -0.873. The van der Waals surface area contributed by atoms with Gasteiger partial charge in [0, 0.05) is 30.3 Å². The van der Waals surface area contributed by atoms with Crippen LogP contribution in [0.4, 0.5) is 4.39 Å². The second kappa shape index (κ2) is 6.00. The van der Waals surface area contributed by atoms with Crippen LogP contribution in [0.3, 0.4) is 0 Å². The Hall–Kier alpha value is -1.95. The van der Waals surface area contributed by atoms with Crippen LogP contribution in [0.2, 0.25) is 0 Å². The lowest BCUT2D eigenvalue weighted by Crippen LogP contribution is -2.28. The predicted molar refractivity (Wildman–Crippen MR) is 70.6 cm³/mol. The highest BCUT2D eigenvalue weighted by molar-refractivity contribution is 5.92. The number of carboxylic acids is 1. The molecule has 0 unspecified atom stereocenters. The van der Waals surface area contributed by atoms with Gasteiger partial charge in [-0.3, -0.25) is 14.5 Å². The van der Waals surface area contributed by atoms with Crippen molar-refractivity contribution in [2.75, 3.05) is 6.54 Å². The number of rotatable bonds is 7. The Morgan fingerprint density at radius 2 is 2.10 bits per heavy atom. The highest BCUT2D eigenvalue weighted by Gasteiger charge is 2.29. The van der Waals surface area contributed by atoms with E-state index in [-0.39, 0.29) is 12.0 Å². The molecule has 1 aliphatic rings. The van der Waals surface area contributed by atoms with Gasteiger partial charge < -0.3 is 10.8 Å². The lowest BCUT2D eigenvalue weighted by Gasteiger charge is -2.21. The average molecular weight is 280 g/mol. The van der Waals surface area contributed by atoms with Crippen LogP contribution in [0, 0.1) is 5.82 Å². The molecule has 1 fully saturated rings. The van der Waals surface area contributed by atoms with Crippen LogP contribution < -0.4 is 5.73 Å². The fraction of sp³-hybridized carbons (Fsp3) is 0.429. The highest BCUT2D eigenvalue weighted by Crippen LogP contribution is 2.29. The molecule has 3 N–H and O–H groups in total. The highest BCUT2D eigenvalue weighted by atomic mass is 19.1. The van der Waals surface area contributed by atoms with E-state index in [2.05, 4.69) is 0 Å². The van der Waals surface area contributed by atoms with Crippen LogP contribution in [0.1, 0.15) is 35.2 Å². The summed E-state index contributed by atoms with van der Waals surface area (Å²) in [5.74, 6) is -1.88. The topological polar surface area (TPSA) is 83.6 Å². The lowest BCUT2D eigenvalue weighted by atomic mass is 10.1. The number of hydrogen-bond acceptors (Lipinski definition) is 3. The second-order valence-corrected chi connectivity index (χ2v) is 5.02. The van der Waals surface area contributed by atoms with Gasteiger partial charge in [0.05, 0.1) is 6.42 Å². The number of nitrogens with two attached hydrogens (primary N) is 1. The number of aliphatic carboxylic acids is 1. The fourth-order valence-corrected chi connectivity index (χ4v) is 2.14. The Balaban J connectivity index is 2.11. The van der Waals surface area contributed by atoms with Crippen molar-refractivity contribution < 1.29 is 19.1 Å². The number of amides is 1. The third kappa shape index (κ3) is 3.77. The van der Waals surface area contributed by atoms with Crippen molar-refractivity contribution in [1.29, 1.82) is 0 Å². The Morgan fingerprint density at radius 3 is 2.65 bits per heavy atom. The van der Waals surface area contributed by atoms with Crippen molar-refractivity contribution in [2.24, 2.45) is 5.73 Å². The normalized spacial score (nSPS) is 14.5. The molecule has 0 bridgehead atoms. The van der Waals surface area contributed by atoms with Crippen LogP contribution in [0.15, 0.2) is 18.2 Å². The summed E-state index contributed by atoms with van der Waals surface area (Å²) in [7, 11) is 0. The van der Waals surface area contributed by atoms with Gasteiger partial charge in [0.2, 0.25) is 5.91 Å². The van der Waals surface area contributed by atoms with E-state index >= 15 is 0 Å². The quantitative estimate of drug-likeness (QED) is 0.790. The summed E-state index contributed by atoms with van der Waals surface area (Å²) < 4.78 is 13.8. The summed E-state index contributed by atoms with van der Waals surface area (Å²) in [6, 6.07) is 4.32. The van der Waals surface area contributed by atoms with E-state index in [1.807, 2.05) is 4.90 Å². The molecule has 20 heavy (non-hydrogen) atoms. The minimum Gasteiger partial charge on any atom is -0.481 e. The third-order valence-electron chi connectivity index (χ3n) is 3.38. The van der Waals surface area contributed by atoms with E-state index in [0.717, 1.165) is 12.8 Å². The number of benzene rings is 1. The van der Waals surface area contributed by atoms with Crippen molar-refractivity contribution in [2.45, 2.75) is 31.8 Å². The first kappa shape index (κ1) is 14.5. The van der Waals surface area contributed by atoms with Gasteiger partial charge in [-0.15, -0.1) is 0 Å². The van der Waals surface area contributed by atoms with Gasteiger partial charge >= 0.3 is 5.97 Å². The largest absolute Gasteiger partial charge is 0.481 e. The molecule has 1 aromatic rings. The Labute approximate surface area is 116 Å². The molecule has 1 aliphatic carbocycles. The van der Waals surface area contributed by atoms with Gasteiger partial charge in [0.15, 0.2) is 0 Å². The number of carbonyl (C=O) groups is 2. The molecule has 0 aromatic heterocycles. The van der Waals surface area contributed by atoms with Crippen LogP contribution >= 0.6 is 0 Å². The molecule has 0 atom stereocenters. The number of halogens is 1. The van der Waals surface area contributed by atoms with Crippen molar-refractivity contribution >= 4 is 11.9 Å². The zero-order valence-electron chi connectivity index (χ0n) is 11.0. The molecule has 1 aromatic carbocycles. The first-order valence-corrected chi connectivity index (χ1v) is 6.51. The molecule has 1 amide bonds. The van der Waals surface area contributed by atoms with Crippen molar-refractivity contribution in [3.8, 4) is 0 Å². The average Bonchev–Trinajstić information content (AvgIpc) is 3.20. The Kier molecular flexibility index (Phi) is 4.34. The maximum absolute atomic E-state index is 13.8. The SMILES string of the molecule is NC(=O)c1ccc(F)c(CN(CCC(=O)O)C2CC2)c1. The number of hydrogen-bond donors (Lipinski definition) is 2. The smallest absolute Gasteiger partial charge is 0.304 e. The number of carbonyl (C=O) groups excluding carboxylic acids is 1. The molecular weight excluding hydrogens is 263 g/mol. The molecular formula is C14H17FN2O3. The molecule has 1 saturated carbocycles. The third-order valence-corrected chi connectivity index (χ3v) is 3.38. The molecule has 0 heterocycles. The van der Waals surface area contributed by atoms with Crippen LogP contribution in [-0.2, 0) is 11.3 Å². The fourth-order valence-electron chi connectivity index (χ4n) is 2.14. The van der Waals surface area contributed by atoms with E-state index in [0.29, 0.717) is 24.7 Å². The van der Waals surface area contributed by atoms with Gasteiger partial charge in [0.1, 0.15) is 5.82 Å². The van der Waals surface area contributed by atoms with Crippen molar-refractivity contribution in [3.63, 3.8) is 0 Å². The maximum Gasteiger partial charge on any atom is 0.304 e. The number of carboxylic acid groups (broad SMARTS) is 1. The monoisotopic (exact) mass is 280 g/mol. The summed E-state index contributed by atoms with van der Waals surface area (Å²) in [4.78, 5) is 23.7. The molecule has 0 radical (unpaired) electrons. The standard InChI is InChI=1S/C14H17FN2O3/c15-12-4-1-9(14(16)20)7-10(12)8-17(11-2-3-11)6-5-13(18)19/h1,4,7,11H,2-3,5-6,8H2,(H2,16,20)(H,18,19). The summed E-state index contributed by atoms with van der Waals surface area (Å²) in [6.07, 6.45) is 2.02. The molecule has 5 nitrogen and oxygen atoms in total. The molecule has 0 aliphatic heterocycles. The molecule has 6 heteroatoms. The lowest BCUT2D eigenvalue weighted by molar-refractivity contribution is -0.137. The van der Waals surface area contributed by atoms with E-state index in [1.54, 1.807) is 0 Å². The summed E-state index contributed by atoms with van der Waals surface area (Å²) >= 11 is 0. The second-order valence-electron chi connectivity index (χ2n) is 5.02. The zero-order valence-corrected chi connectivity index (χ0v) is 11.0. The van der Waals surface area contributed by atoms with Gasteiger partial charge in [-0.05, 0) is 31.0 Å². The first-order chi connectivity index (χ1) is 9.47. The van der Waals surface area contributed by atoms with E-state index < -0.39 is 17.7 Å². The molecule has 0 saturated heterocycles. The number of nitrogens with zero attached hydrogens (tertiary/aromatic N) is 1. The van der Waals surface area contributed by atoms with Gasteiger partial charge in [-0.25, -0.2) is 4.39 Å². The van der Waals surface area contributed by atoms with Crippen molar-refractivity contribution in [3.05, 3.63) is 35.1 Å². The predicted octanol–water partition coefficient (Wildman–Crippen LogP) is 1.36. The van der Waals surface area contributed by atoms with Gasteiger partial charge in [0.25, 0.3) is 0 Å². The van der Waals surface area contributed by atoms with E-state index in [9.17, 15) is 14.0 Å². The Morgan fingerprint density at radius 1 is 1.40 bits per heavy atom. The maximum atomic E-state index is 13.8. The van der Waals surface area contributed by atoms with Crippen LogP contribution in [0.25, 0.3) is 0 Å². The summed E-state index contributed by atoms with van der Waals surface area (Å²) in [5.41, 5.74) is 5.81. The van der Waals surface area contributed by atoms with E-state index in [4.69, 9.17) is 10.8 Å². The first-order valence-electron chi connectivity index (χ1n) is 6.51. The van der Waals surface area contributed by atoms with Gasteiger partial charge in [-0.1, -0.05) is 0 Å².